The van der Waals surface area contributed by atoms with E-state index in [1.807, 2.05) is 0 Å². The number of carbonyl (C=O) groups excluding carboxylic acids is 1. The molecule has 0 saturated heterocycles. The number of rotatable bonds is 4. The molecule has 1 aliphatic carbocycles. The molecular weight excluding hydrogens is 194 g/mol. The summed E-state index contributed by atoms with van der Waals surface area (Å²) < 4.78 is 0. The van der Waals surface area contributed by atoms with E-state index in [1.54, 1.807) is 6.92 Å². The number of ketones is 1. The molecule has 4 heteroatoms. The lowest BCUT2D eigenvalue weighted by atomic mass is 9.84. The van der Waals surface area contributed by atoms with Gasteiger partial charge in [-0.05, 0) is 19.8 Å². The summed E-state index contributed by atoms with van der Waals surface area (Å²) >= 11 is 0. The molecule has 0 spiro atoms. The Morgan fingerprint density at radius 3 is 2.47 bits per heavy atom. The van der Waals surface area contributed by atoms with Crippen LogP contribution in [0, 0.1) is 5.92 Å². The highest BCUT2D eigenvalue weighted by Gasteiger charge is 2.24. The zero-order valence-electron chi connectivity index (χ0n) is 8.98. The molecule has 0 aromatic heterocycles. The van der Waals surface area contributed by atoms with E-state index < -0.39 is 12.0 Å². The quantitative estimate of drug-likeness (QED) is 0.719. The van der Waals surface area contributed by atoms with E-state index in [0.717, 1.165) is 31.9 Å². The number of hydrogen-bond donors (Lipinski definition) is 1. The van der Waals surface area contributed by atoms with E-state index in [0.29, 0.717) is 0 Å². The maximum Gasteiger partial charge on any atom is 0.346 e. The van der Waals surface area contributed by atoms with E-state index >= 15 is 0 Å². The molecule has 84 valence electrons. The van der Waals surface area contributed by atoms with Crippen LogP contribution in [0.15, 0.2) is 4.99 Å². The summed E-state index contributed by atoms with van der Waals surface area (Å²) in [5.74, 6) is -0.912. The van der Waals surface area contributed by atoms with Crippen molar-refractivity contribution in [2.24, 2.45) is 10.9 Å². The topological polar surface area (TPSA) is 66.7 Å². The third kappa shape index (κ3) is 3.81. The molecule has 15 heavy (non-hydrogen) atoms. The first-order valence-corrected chi connectivity index (χ1v) is 5.41. The molecule has 0 bridgehead atoms. The van der Waals surface area contributed by atoms with Gasteiger partial charge in [0.1, 0.15) is 12.3 Å². The van der Waals surface area contributed by atoms with E-state index in [4.69, 9.17) is 5.11 Å². The Labute approximate surface area is 89.4 Å². The Balaban J connectivity index is 2.47. The molecule has 0 unspecified atom stereocenters. The second kappa shape index (κ2) is 5.63. The van der Waals surface area contributed by atoms with Crippen molar-refractivity contribution in [1.82, 2.24) is 0 Å². The van der Waals surface area contributed by atoms with Crippen LogP contribution in [-0.2, 0) is 9.59 Å². The standard InChI is InChI=1S/C11H17NO3/c1-8(12-7-10(13)14)11(15)9-5-3-2-4-6-9/h7-9H,2-6H2,1H3,(H,13,14)/t8-/m1/s1. The van der Waals surface area contributed by atoms with Gasteiger partial charge in [0, 0.05) is 5.92 Å². The first-order chi connectivity index (χ1) is 7.11. The molecule has 1 saturated carbocycles. The Morgan fingerprint density at radius 1 is 1.33 bits per heavy atom. The molecular formula is C11H17NO3. The largest absolute Gasteiger partial charge is 0.477 e. The second-order valence-corrected chi connectivity index (χ2v) is 4.03. The van der Waals surface area contributed by atoms with Crippen molar-refractivity contribution < 1.29 is 14.7 Å². The van der Waals surface area contributed by atoms with Gasteiger partial charge in [-0.2, -0.15) is 0 Å². The number of Topliss-reactive ketones (excluding diaryl/α,β-unsaturated/α-hetero) is 1. The van der Waals surface area contributed by atoms with Gasteiger partial charge in [0.05, 0.1) is 0 Å². The number of carboxylic acids is 1. The molecule has 4 nitrogen and oxygen atoms in total. The number of hydrogen-bond acceptors (Lipinski definition) is 3. The fourth-order valence-electron chi connectivity index (χ4n) is 1.98. The van der Waals surface area contributed by atoms with Crippen molar-refractivity contribution in [1.29, 1.82) is 0 Å². The predicted octanol–water partition coefficient (Wildman–Crippen LogP) is 1.68. The van der Waals surface area contributed by atoms with Crippen LogP contribution < -0.4 is 0 Å². The van der Waals surface area contributed by atoms with Crippen molar-refractivity contribution in [2.75, 3.05) is 0 Å². The Hall–Kier alpha value is -1.19. The van der Waals surface area contributed by atoms with E-state index in [2.05, 4.69) is 4.99 Å². The number of carbonyl (C=O) groups is 2. The first kappa shape index (κ1) is 11.9. The van der Waals surface area contributed by atoms with Gasteiger partial charge in [0.25, 0.3) is 0 Å². The SMILES string of the molecule is C[C@@H](N=CC(=O)O)C(=O)C1CCCCC1. The first-order valence-electron chi connectivity index (χ1n) is 5.41. The number of nitrogens with zero attached hydrogens (tertiary/aromatic N) is 1. The van der Waals surface area contributed by atoms with Gasteiger partial charge < -0.3 is 5.11 Å². The van der Waals surface area contributed by atoms with Crippen LogP contribution in [0.1, 0.15) is 39.0 Å². The summed E-state index contributed by atoms with van der Waals surface area (Å²) in [4.78, 5) is 25.8. The number of aliphatic imine (C=N–C) groups is 1. The zero-order chi connectivity index (χ0) is 11.3. The minimum Gasteiger partial charge on any atom is -0.477 e. The molecule has 0 heterocycles. The zero-order valence-corrected chi connectivity index (χ0v) is 8.98. The van der Waals surface area contributed by atoms with E-state index in [9.17, 15) is 9.59 Å². The number of aliphatic carboxylic acids is 1. The summed E-state index contributed by atoms with van der Waals surface area (Å²) in [5.41, 5.74) is 0. The van der Waals surface area contributed by atoms with Crippen molar-refractivity contribution in [3.05, 3.63) is 0 Å². The van der Waals surface area contributed by atoms with Crippen molar-refractivity contribution in [3.8, 4) is 0 Å². The molecule has 0 aromatic carbocycles. The minimum atomic E-state index is -1.10. The normalized spacial score (nSPS) is 20.3. The van der Waals surface area contributed by atoms with Crippen molar-refractivity contribution in [2.45, 2.75) is 45.1 Å². The molecule has 0 radical (unpaired) electrons. The van der Waals surface area contributed by atoms with E-state index in [1.165, 1.54) is 6.42 Å². The summed E-state index contributed by atoms with van der Waals surface area (Å²) in [6.45, 7) is 1.66. The van der Waals surface area contributed by atoms with Crippen LogP contribution in [0.3, 0.4) is 0 Å². The highest BCUT2D eigenvalue weighted by molar-refractivity contribution is 6.22. The predicted molar refractivity (Wildman–Crippen MR) is 57.2 cm³/mol. The Morgan fingerprint density at radius 2 is 1.93 bits per heavy atom. The lowest BCUT2D eigenvalue weighted by molar-refractivity contribution is -0.128. The lowest BCUT2D eigenvalue weighted by Gasteiger charge is -2.21. The summed E-state index contributed by atoms with van der Waals surface area (Å²) in [6, 6.07) is -0.510. The van der Waals surface area contributed by atoms with Crippen LogP contribution in [0.2, 0.25) is 0 Å². The minimum absolute atomic E-state index is 0.0900. The second-order valence-electron chi connectivity index (χ2n) is 4.03. The molecule has 1 atom stereocenters. The van der Waals surface area contributed by atoms with Gasteiger partial charge in [-0.15, -0.1) is 0 Å². The molecule has 0 amide bonds. The summed E-state index contributed by atoms with van der Waals surface area (Å²) in [6.07, 6.45) is 6.09. The van der Waals surface area contributed by atoms with Gasteiger partial charge >= 0.3 is 5.97 Å². The van der Waals surface area contributed by atoms with Crippen LogP contribution in [-0.4, -0.2) is 29.1 Å². The summed E-state index contributed by atoms with van der Waals surface area (Å²) in [5, 5.41) is 8.39. The monoisotopic (exact) mass is 211 g/mol. The fourth-order valence-corrected chi connectivity index (χ4v) is 1.98. The smallest absolute Gasteiger partial charge is 0.346 e. The van der Waals surface area contributed by atoms with Gasteiger partial charge in [0.2, 0.25) is 0 Å². The van der Waals surface area contributed by atoms with Gasteiger partial charge in [-0.3, -0.25) is 9.79 Å². The highest BCUT2D eigenvalue weighted by Crippen LogP contribution is 2.25. The summed E-state index contributed by atoms with van der Waals surface area (Å²) in [7, 11) is 0. The molecule has 1 aliphatic rings. The Kier molecular flexibility index (Phi) is 4.46. The van der Waals surface area contributed by atoms with Gasteiger partial charge in [0.15, 0.2) is 5.78 Å². The third-order valence-electron chi connectivity index (χ3n) is 2.83. The average Bonchev–Trinajstić information content (AvgIpc) is 2.26. The van der Waals surface area contributed by atoms with Crippen LogP contribution >= 0.6 is 0 Å². The van der Waals surface area contributed by atoms with Crippen molar-refractivity contribution >= 4 is 18.0 Å². The fraction of sp³-hybridized carbons (Fsp3) is 0.727. The van der Waals surface area contributed by atoms with E-state index in [-0.39, 0.29) is 11.7 Å². The molecule has 1 rings (SSSR count). The lowest BCUT2D eigenvalue weighted by Crippen LogP contribution is -2.26. The van der Waals surface area contributed by atoms with Crippen LogP contribution in [0.4, 0.5) is 0 Å². The highest BCUT2D eigenvalue weighted by atomic mass is 16.4. The van der Waals surface area contributed by atoms with Crippen molar-refractivity contribution in [3.63, 3.8) is 0 Å². The van der Waals surface area contributed by atoms with Gasteiger partial charge in [-0.25, -0.2) is 4.79 Å². The molecule has 0 aliphatic heterocycles. The maximum absolute atomic E-state index is 11.8. The number of carboxylic acid groups (broad SMARTS) is 1. The van der Waals surface area contributed by atoms with Gasteiger partial charge in [-0.1, -0.05) is 19.3 Å². The third-order valence-corrected chi connectivity index (χ3v) is 2.83. The maximum atomic E-state index is 11.8. The Bertz CT molecular complexity index is 267. The molecule has 1 N–H and O–H groups in total. The molecule has 0 aromatic rings. The van der Waals surface area contributed by atoms with Crippen LogP contribution in [0.25, 0.3) is 0 Å². The average molecular weight is 211 g/mol. The van der Waals surface area contributed by atoms with Crippen LogP contribution in [0.5, 0.6) is 0 Å². The molecule has 1 fully saturated rings.